The van der Waals surface area contributed by atoms with Crippen LogP contribution in [0, 0.1) is 0 Å². The van der Waals surface area contributed by atoms with Crippen molar-refractivity contribution in [3.8, 4) is 40.2 Å². The molecule has 1 unspecified atom stereocenters. The number of rotatable bonds is 9. The second kappa shape index (κ2) is 12.2. The van der Waals surface area contributed by atoms with Crippen LogP contribution in [-0.4, -0.2) is 46.3 Å². The zero-order valence-corrected chi connectivity index (χ0v) is 25.7. The summed E-state index contributed by atoms with van der Waals surface area (Å²) in [4.78, 5) is 26.3. The molecule has 3 aliphatic rings. The van der Waals surface area contributed by atoms with Crippen molar-refractivity contribution in [1.82, 2.24) is 0 Å². The third-order valence-electron chi connectivity index (χ3n) is 8.48. The molecule has 0 saturated carbocycles. The summed E-state index contributed by atoms with van der Waals surface area (Å²) in [5, 5.41) is 0. The monoisotopic (exact) mass is 620 g/mol. The third-order valence-corrected chi connectivity index (χ3v) is 8.48. The Morgan fingerprint density at radius 2 is 1.59 bits per heavy atom. The molecule has 3 heterocycles. The minimum absolute atomic E-state index is 0.0682. The molecular formula is C37H32O9. The van der Waals surface area contributed by atoms with E-state index < -0.39 is 5.92 Å². The van der Waals surface area contributed by atoms with E-state index in [4.69, 9.17) is 33.2 Å². The molecule has 0 spiro atoms. The van der Waals surface area contributed by atoms with E-state index in [1.54, 1.807) is 51.7 Å². The summed E-state index contributed by atoms with van der Waals surface area (Å²) >= 11 is 0. The van der Waals surface area contributed by atoms with Crippen LogP contribution in [0.1, 0.15) is 50.5 Å². The van der Waals surface area contributed by atoms with Gasteiger partial charge in [0.2, 0.25) is 5.78 Å². The fourth-order valence-corrected chi connectivity index (χ4v) is 6.18. The van der Waals surface area contributed by atoms with Crippen LogP contribution < -0.4 is 33.2 Å². The molecule has 0 aliphatic carbocycles. The van der Waals surface area contributed by atoms with E-state index in [0.29, 0.717) is 64.2 Å². The van der Waals surface area contributed by atoms with Crippen LogP contribution in [0.4, 0.5) is 0 Å². The number of allylic oxidation sites excluding steroid dienone is 1. The van der Waals surface area contributed by atoms with Gasteiger partial charge in [0.15, 0.2) is 28.8 Å². The molecule has 9 nitrogen and oxygen atoms in total. The molecule has 4 aromatic rings. The lowest BCUT2D eigenvalue weighted by atomic mass is 9.84. The summed E-state index contributed by atoms with van der Waals surface area (Å²) in [6.45, 7) is 1.15. The van der Waals surface area contributed by atoms with Crippen LogP contribution in [-0.2, 0) is 17.6 Å². The summed E-state index contributed by atoms with van der Waals surface area (Å²) in [5.41, 5.74) is 4.93. The highest BCUT2D eigenvalue weighted by Gasteiger charge is 2.39. The Morgan fingerprint density at radius 3 is 2.41 bits per heavy atom. The van der Waals surface area contributed by atoms with Crippen LogP contribution in [0.3, 0.4) is 0 Å². The first-order valence-electron chi connectivity index (χ1n) is 15.0. The number of carbonyl (C=O) groups excluding carboxylic acids is 2. The lowest BCUT2D eigenvalue weighted by Gasteiger charge is -2.27. The number of hydrogen-bond acceptors (Lipinski definition) is 9. The summed E-state index contributed by atoms with van der Waals surface area (Å²) in [5.74, 6) is 3.01. The lowest BCUT2D eigenvalue weighted by Crippen LogP contribution is -2.21. The van der Waals surface area contributed by atoms with E-state index >= 15 is 0 Å². The highest BCUT2D eigenvalue weighted by atomic mass is 16.5. The van der Waals surface area contributed by atoms with E-state index in [1.807, 2.05) is 30.3 Å². The number of benzene rings is 4. The van der Waals surface area contributed by atoms with Crippen LogP contribution >= 0.6 is 0 Å². The van der Waals surface area contributed by atoms with Crippen molar-refractivity contribution < 1.29 is 42.7 Å². The van der Waals surface area contributed by atoms with E-state index in [-0.39, 0.29) is 23.9 Å². The van der Waals surface area contributed by atoms with Gasteiger partial charge in [-0.1, -0.05) is 24.3 Å². The predicted octanol–water partition coefficient (Wildman–Crippen LogP) is 6.33. The van der Waals surface area contributed by atoms with Gasteiger partial charge < -0.3 is 33.2 Å². The number of esters is 1. The second-order valence-electron chi connectivity index (χ2n) is 11.2. The lowest BCUT2D eigenvalue weighted by molar-refractivity contribution is -0.135. The average Bonchev–Trinajstić information content (AvgIpc) is 3.67. The van der Waals surface area contributed by atoms with Crippen molar-refractivity contribution in [1.29, 1.82) is 0 Å². The van der Waals surface area contributed by atoms with Gasteiger partial charge in [-0.25, -0.2) is 0 Å². The minimum Gasteiger partial charge on any atom is -0.493 e. The Kier molecular flexibility index (Phi) is 7.74. The van der Waals surface area contributed by atoms with Gasteiger partial charge in [-0.15, -0.1) is 0 Å². The maximum Gasteiger partial charge on any atom is 0.312 e. The molecule has 0 fully saturated rings. The Balaban J connectivity index is 1.18. The van der Waals surface area contributed by atoms with E-state index in [9.17, 15) is 9.59 Å². The molecule has 1 atom stereocenters. The number of carbonyl (C=O) groups is 2. The van der Waals surface area contributed by atoms with Crippen LogP contribution in [0.2, 0.25) is 0 Å². The number of Topliss-reactive ketones (excluding diaryl/α,β-unsaturated/α-hetero) is 1. The van der Waals surface area contributed by atoms with E-state index in [1.165, 1.54) is 5.56 Å². The number of hydrogen-bond donors (Lipinski definition) is 0. The molecule has 0 bridgehead atoms. The topological polar surface area (TPSA) is 98.8 Å². The van der Waals surface area contributed by atoms with Gasteiger partial charge in [-0.3, -0.25) is 9.59 Å². The molecular weight excluding hydrogens is 588 g/mol. The van der Waals surface area contributed by atoms with Gasteiger partial charge in [0.1, 0.15) is 17.2 Å². The molecule has 0 amide bonds. The first-order chi connectivity index (χ1) is 22.4. The molecule has 9 heteroatoms. The van der Waals surface area contributed by atoms with Gasteiger partial charge in [-0.05, 0) is 70.8 Å². The van der Waals surface area contributed by atoms with Crippen molar-refractivity contribution in [3.63, 3.8) is 0 Å². The summed E-state index contributed by atoms with van der Waals surface area (Å²) in [7, 11) is 4.70. The smallest absolute Gasteiger partial charge is 0.312 e. The minimum atomic E-state index is -0.440. The third kappa shape index (κ3) is 5.38. The molecule has 46 heavy (non-hydrogen) atoms. The normalized spacial score (nSPS) is 16.9. The van der Waals surface area contributed by atoms with Gasteiger partial charge in [-0.2, -0.15) is 0 Å². The summed E-state index contributed by atoms with van der Waals surface area (Å²) in [6.07, 6.45) is 3.35. The highest BCUT2D eigenvalue weighted by molar-refractivity contribution is 6.15. The highest BCUT2D eigenvalue weighted by Crippen LogP contribution is 2.50. The van der Waals surface area contributed by atoms with Gasteiger partial charge in [0.25, 0.3) is 0 Å². The molecule has 4 aromatic carbocycles. The first kappa shape index (κ1) is 29.3. The van der Waals surface area contributed by atoms with Gasteiger partial charge in [0.05, 0.1) is 46.5 Å². The quantitative estimate of drug-likeness (QED) is 0.121. The molecule has 7 rings (SSSR count). The average molecular weight is 621 g/mol. The molecule has 0 aromatic heterocycles. The maximum absolute atomic E-state index is 13.5. The van der Waals surface area contributed by atoms with E-state index in [0.717, 1.165) is 29.9 Å². The Hall–Kier alpha value is -5.44. The number of fused-ring (bicyclic) bond motifs is 4. The Morgan fingerprint density at radius 1 is 0.804 bits per heavy atom. The molecule has 0 radical (unpaired) electrons. The fraction of sp³-hybridized carbons (Fsp3) is 0.243. The van der Waals surface area contributed by atoms with Crippen molar-refractivity contribution in [2.24, 2.45) is 0 Å². The zero-order chi connectivity index (χ0) is 31.8. The second-order valence-corrected chi connectivity index (χ2v) is 11.2. The molecule has 0 saturated heterocycles. The van der Waals surface area contributed by atoms with Crippen molar-refractivity contribution in [3.05, 3.63) is 106 Å². The van der Waals surface area contributed by atoms with Gasteiger partial charge >= 0.3 is 5.97 Å². The van der Waals surface area contributed by atoms with E-state index in [2.05, 4.69) is 12.1 Å². The molecule has 0 N–H and O–H groups in total. The molecule has 234 valence electrons. The number of ketones is 1. The van der Waals surface area contributed by atoms with Gasteiger partial charge in [0, 0.05) is 24.3 Å². The van der Waals surface area contributed by atoms with Crippen LogP contribution in [0.5, 0.6) is 40.2 Å². The Bertz CT molecular complexity index is 1890. The van der Waals surface area contributed by atoms with Crippen molar-refractivity contribution in [2.75, 3.05) is 34.5 Å². The zero-order valence-electron chi connectivity index (χ0n) is 25.7. The fourth-order valence-electron chi connectivity index (χ4n) is 6.18. The number of ether oxygens (including phenoxy) is 7. The summed E-state index contributed by atoms with van der Waals surface area (Å²) < 4.78 is 40.1. The Labute approximate surface area is 266 Å². The standard InChI is InChI=1S/C37H32O9/c1-40-28-9-5-22(17-31(28)42-3)18-33-36(39)25-7-11-30-35(37(25)46-33)26(20-34(38)45-30)23-6-10-29(41-2)32(19-23)44-14-12-21-4-8-27-24(16-21)13-15-43-27/h4-11,16-19,26H,12-15,20H2,1-3H3. The van der Waals surface area contributed by atoms with Crippen LogP contribution in [0.15, 0.2) is 72.5 Å². The van der Waals surface area contributed by atoms with Crippen molar-refractivity contribution in [2.45, 2.75) is 25.2 Å². The SMILES string of the molecule is COc1ccc(C=C2Oc3c(ccc4c3C(c3ccc(OC)c(OCCc5ccc6c(c5)CCO6)c3)CC(=O)O4)C2=O)cc1OC. The predicted molar refractivity (Wildman–Crippen MR) is 169 cm³/mol. The largest absolute Gasteiger partial charge is 0.493 e. The molecule has 3 aliphatic heterocycles. The van der Waals surface area contributed by atoms with Crippen molar-refractivity contribution >= 4 is 17.8 Å². The maximum atomic E-state index is 13.5. The van der Waals surface area contributed by atoms with Crippen LogP contribution in [0.25, 0.3) is 6.08 Å². The summed E-state index contributed by atoms with van der Waals surface area (Å²) in [6, 6.07) is 20.5. The number of methoxy groups -OCH3 is 3. The first-order valence-corrected chi connectivity index (χ1v) is 15.0.